The lowest BCUT2D eigenvalue weighted by Gasteiger charge is -2.13. The minimum Gasteiger partial charge on any atom is -0.103 e. The maximum absolute atomic E-state index is 3.79. The molecule has 0 aromatic carbocycles. The van der Waals surface area contributed by atoms with Gasteiger partial charge in [0.25, 0.3) is 0 Å². The van der Waals surface area contributed by atoms with Crippen LogP contribution < -0.4 is 0 Å². The topological polar surface area (TPSA) is 0 Å². The van der Waals surface area contributed by atoms with Crippen LogP contribution >= 0.6 is 0 Å². The monoisotopic (exact) mass is 262 g/mol. The maximum atomic E-state index is 3.79. The van der Waals surface area contributed by atoms with E-state index in [0.29, 0.717) is 0 Å². The van der Waals surface area contributed by atoms with E-state index in [0.717, 1.165) is 5.92 Å². The average Bonchev–Trinajstić information content (AvgIpc) is 2.42. The molecule has 0 nitrogen and oxygen atoms in total. The van der Waals surface area contributed by atoms with E-state index >= 15 is 0 Å². The van der Waals surface area contributed by atoms with Crippen molar-refractivity contribution in [2.75, 3.05) is 0 Å². The molecular formula is C19H34. The zero-order valence-electron chi connectivity index (χ0n) is 13.2. The molecule has 0 aromatic heterocycles. The van der Waals surface area contributed by atoms with Crippen LogP contribution in [0.5, 0.6) is 0 Å². The summed E-state index contributed by atoms with van der Waals surface area (Å²) in [5, 5.41) is 0. The molecule has 0 heteroatoms. The summed E-state index contributed by atoms with van der Waals surface area (Å²) in [6, 6.07) is 0. The van der Waals surface area contributed by atoms with Crippen molar-refractivity contribution >= 4 is 0 Å². The number of hydrogen-bond donors (Lipinski definition) is 0. The van der Waals surface area contributed by atoms with Gasteiger partial charge in [0, 0.05) is 0 Å². The minimum absolute atomic E-state index is 0.904. The average molecular weight is 262 g/mol. The Hall–Kier alpha value is -0.780. The molecule has 0 bridgehead atoms. The van der Waals surface area contributed by atoms with E-state index in [1.165, 1.54) is 64.2 Å². The predicted molar refractivity (Wildman–Crippen MR) is 89.5 cm³/mol. The standard InChI is InChI=1S/C19H34/c1-4-7-9-11-12-13-15-18-19(16-6-3)17-14-10-8-5-2/h4-5,7,13,15,19H,2,6,8-12,14,16-18H2,1,3H3. The van der Waals surface area contributed by atoms with Crippen LogP contribution in [-0.4, -0.2) is 0 Å². The second-order valence-corrected chi connectivity index (χ2v) is 5.43. The lowest BCUT2D eigenvalue weighted by atomic mass is 9.93. The molecular weight excluding hydrogens is 228 g/mol. The first kappa shape index (κ1) is 18.2. The van der Waals surface area contributed by atoms with E-state index < -0.39 is 0 Å². The molecule has 0 aliphatic carbocycles. The molecule has 1 atom stereocenters. The van der Waals surface area contributed by atoms with Gasteiger partial charge in [0.05, 0.1) is 0 Å². The van der Waals surface area contributed by atoms with Crippen LogP contribution in [0.2, 0.25) is 0 Å². The number of unbranched alkanes of at least 4 members (excludes halogenated alkanes) is 4. The van der Waals surface area contributed by atoms with Gasteiger partial charge in [0.15, 0.2) is 0 Å². The molecule has 0 heterocycles. The quantitative estimate of drug-likeness (QED) is 0.252. The fourth-order valence-corrected chi connectivity index (χ4v) is 2.44. The van der Waals surface area contributed by atoms with Gasteiger partial charge in [-0.3, -0.25) is 0 Å². The normalized spacial score (nSPS) is 13.4. The van der Waals surface area contributed by atoms with Crippen LogP contribution in [0.15, 0.2) is 37.0 Å². The molecule has 0 N–H and O–H groups in total. The second-order valence-electron chi connectivity index (χ2n) is 5.43. The Morgan fingerprint density at radius 2 is 1.68 bits per heavy atom. The highest BCUT2D eigenvalue weighted by Crippen LogP contribution is 2.20. The first-order valence-corrected chi connectivity index (χ1v) is 8.22. The predicted octanol–water partition coefficient (Wildman–Crippen LogP) is 6.84. The third-order valence-corrected chi connectivity index (χ3v) is 3.58. The Kier molecular flexibility index (Phi) is 14.7. The summed E-state index contributed by atoms with van der Waals surface area (Å²) in [5.74, 6) is 0.904. The van der Waals surface area contributed by atoms with E-state index in [4.69, 9.17) is 0 Å². The Morgan fingerprint density at radius 3 is 2.37 bits per heavy atom. The summed E-state index contributed by atoms with van der Waals surface area (Å²) in [6.45, 7) is 8.19. The summed E-state index contributed by atoms with van der Waals surface area (Å²) >= 11 is 0. The van der Waals surface area contributed by atoms with E-state index in [-0.39, 0.29) is 0 Å². The minimum atomic E-state index is 0.904. The van der Waals surface area contributed by atoms with Gasteiger partial charge in [-0.25, -0.2) is 0 Å². The van der Waals surface area contributed by atoms with Gasteiger partial charge in [-0.15, -0.1) is 6.58 Å². The van der Waals surface area contributed by atoms with Crippen molar-refractivity contribution in [1.29, 1.82) is 0 Å². The van der Waals surface area contributed by atoms with Crippen molar-refractivity contribution in [2.24, 2.45) is 5.92 Å². The molecule has 0 fully saturated rings. The summed E-state index contributed by atoms with van der Waals surface area (Å²) in [7, 11) is 0. The van der Waals surface area contributed by atoms with Crippen LogP contribution in [0.1, 0.15) is 78.1 Å². The zero-order chi connectivity index (χ0) is 14.2. The van der Waals surface area contributed by atoms with E-state index in [9.17, 15) is 0 Å². The van der Waals surface area contributed by atoms with Crippen LogP contribution in [0.4, 0.5) is 0 Å². The molecule has 1 unspecified atom stereocenters. The van der Waals surface area contributed by atoms with Crippen LogP contribution in [0, 0.1) is 5.92 Å². The Bertz CT molecular complexity index is 234. The van der Waals surface area contributed by atoms with Gasteiger partial charge in [-0.05, 0) is 51.4 Å². The van der Waals surface area contributed by atoms with Gasteiger partial charge in [0.1, 0.15) is 0 Å². The molecule has 0 saturated carbocycles. The van der Waals surface area contributed by atoms with Crippen molar-refractivity contribution in [1.82, 2.24) is 0 Å². The molecule has 0 aliphatic heterocycles. The molecule has 0 aliphatic rings. The van der Waals surface area contributed by atoms with Crippen molar-refractivity contribution < 1.29 is 0 Å². The first-order valence-electron chi connectivity index (χ1n) is 8.22. The molecule has 0 saturated heterocycles. The van der Waals surface area contributed by atoms with Gasteiger partial charge in [-0.2, -0.15) is 0 Å². The third-order valence-electron chi connectivity index (χ3n) is 3.58. The zero-order valence-corrected chi connectivity index (χ0v) is 13.2. The maximum Gasteiger partial charge on any atom is -0.0322 e. The third kappa shape index (κ3) is 13.5. The second kappa shape index (κ2) is 15.3. The highest BCUT2D eigenvalue weighted by Gasteiger charge is 2.04. The van der Waals surface area contributed by atoms with Gasteiger partial charge in [0.2, 0.25) is 0 Å². The molecule has 0 radical (unpaired) electrons. The largest absolute Gasteiger partial charge is 0.103 e. The molecule has 0 amide bonds. The number of rotatable bonds is 13. The smallest absolute Gasteiger partial charge is 0.0322 e. The number of allylic oxidation sites excluding steroid dienone is 5. The Labute approximate surface area is 121 Å². The van der Waals surface area contributed by atoms with Crippen molar-refractivity contribution in [3.8, 4) is 0 Å². The highest BCUT2D eigenvalue weighted by molar-refractivity contribution is 4.85. The first-order chi connectivity index (χ1) is 9.35. The van der Waals surface area contributed by atoms with E-state index in [1.54, 1.807) is 0 Å². The fraction of sp³-hybridized carbons (Fsp3) is 0.684. The highest BCUT2D eigenvalue weighted by atomic mass is 14.1. The van der Waals surface area contributed by atoms with E-state index in [1.807, 2.05) is 6.08 Å². The molecule has 0 rings (SSSR count). The van der Waals surface area contributed by atoms with Crippen molar-refractivity contribution in [2.45, 2.75) is 78.1 Å². The van der Waals surface area contributed by atoms with Crippen molar-refractivity contribution in [3.05, 3.63) is 37.0 Å². The summed E-state index contributed by atoms with van der Waals surface area (Å²) in [4.78, 5) is 0. The molecule has 19 heavy (non-hydrogen) atoms. The van der Waals surface area contributed by atoms with Crippen molar-refractivity contribution in [3.63, 3.8) is 0 Å². The summed E-state index contributed by atoms with van der Waals surface area (Å²) < 4.78 is 0. The Morgan fingerprint density at radius 1 is 0.895 bits per heavy atom. The molecule has 110 valence electrons. The Balaban J connectivity index is 3.67. The molecule has 0 aromatic rings. The summed E-state index contributed by atoms with van der Waals surface area (Å²) in [5.41, 5.74) is 0. The molecule has 0 spiro atoms. The van der Waals surface area contributed by atoms with Gasteiger partial charge >= 0.3 is 0 Å². The fourth-order valence-electron chi connectivity index (χ4n) is 2.44. The van der Waals surface area contributed by atoms with Crippen LogP contribution in [-0.2, 0) is 0 Å². The summed E-state index contributed by atoms with van der Waals surface area (Å²) in [6.07, 6.45) is 24.2. The van der Waals surface area contributed by atoms with Crippen LogP contribution in [0.25, 0.3) is 0 Å². The van der Waals surface area contributed by atoms with Crippen LogP contribution in [0.3, 0.4) is 0 Å². The van der Waals surface area contributed by atoms with E-state index in [2.05, 4.69) is 44.7 Å². The van der Waals surface area contributed by atoms with Gasteiger partial charge < -0.3 is 0 Å². The number of hydrogen-bond acceptors (Lipinski definition) is 0. The lowest BCUT2D eigenvalue weighted by Crippen LogP contribution is -1.98. The van der Waals surface area contributed by atoms with Gasteiger partial charge in [-0.1, -0.05) is 63.0 Å². The SMILES string of the molecule is C=CCCCCC(CC=CCCCC=CC)CCC. The lowest BCUT2D eigenvalue weighted by molar-refractivity contribution is 0.430.